The summed E-state index contributed by atoms with van der Waals surface area (Å²) in [5.41, 5.74) is 1.83. The highest BCUT2D eigenvalue weighted by atomic mass is 16.5. The van der Waals surface area contributed by atoms with E-state index in [0.29, 0.717) is 5.92 Å². The minimum Gasteiger partial charge on any atom is -0.496 e. The largest absolute Gasteiger partial charge is 0.496 e. The lowest BCUT2D eigenvalue weighted by molar-refractivity contribution is 0.00102. The van der Waals surface area contributed by atoms with Crippen LogP contribution in [0.4, 0.5) is 0 Å². The van der Waals surface area contributed by atoms with Gasteiger partial charge in [-0.3, -0.25) is 0 Å². The van der Waals surface area contributed by atoms with Crippen LogP contribution in [0, 0.1) is 12.8 Å². The Hall–Kier alpha value is -1.02. The summed E-state index contributed by atoms with van der Waals surface area (Å²) in [6.07, 6.45) is 4.99. The van der Waals surface area contributed by atoms with Crippen LogP contribution in [0.25, 0.3) is 0 Å². The van der Waals surface area contributed by atoms with E-state index in [4.69, 9.17) is 4.74 Å². The second-order valence-electron chi connectivity index (χ2n) is 5.59. The predicted molar refractivity (Wildman–Crippen MR) is 74.0 cm³/mol. The zero-order chi connectivity index (χ0) is 13.2. The van der Waals surface area contributed by atoms with Crippen molar-refractivity contribution in [2.45, 2.75) is 51.6 Å². The number of rotatable bonds is 4. The zero-order valence-electron chi connectivity index (χ0n) is 11.7. The second kappa shape index (κ2) is 5.31. The van der Waals surface area contributed by atoms with Gasteiger partial charge in [0.25, 0.3) is 0 Å². The van der Waals surface area contributed by atoms with Crippen LogP contribution in [0.1, 0.15) is 43.7 Å². The van der Waals surface area contributed by atoms with Crippen molar-refractivity contribution >= 4 is 0 Å². The van der Waals surface area contributed by atoms with Gasteiger partial charge in [-0.1, -0.05) is 37.5 Å². The van der Waals surface area contributed by atoms with Crippen molar-refractivity contribution in [1.29, 1.82) is 0 Å². The van der Waals surface area contributed by atoms with E-state index in [0.717, 1.165) is 43.4 Å². The van der Waals surface area contributed by atoms with Crippen LogP contribution in [0.2, 0.25) is 0 Å². The Morgan fingerprint density at radius 2 is 2.22 bits per heavy atom. The molecule has 100 valence electrons. The minimum atomic E-state index is -0.532. The molecule has 1 aliphatic rings. The Labute approximate surface area is 110 Å². The summed E-state index contributed by atoms with van der Waals surface area (Å²) in [7, 11) is 1.70. The van der Waals surface area contributed by atoms with Gasteiger partial charge in [0.2, 0.25) is 0 Å². The number of methoxy groups -OCH3 is 1. The summed E-state index contributed by atoms with van der Waals surface area (Å²) in [5.74, 6) is 1.33. The number of ether oxygens (including phenoxy) is 1. The maximum Gasteiger partial charge on any atom is 0.122 e. The SMILES string of the molecule is CCC1CCCC1(O)Cc1cc(C)ccc1OC. The van der Waals surface area contributed by atoms with E-state index in [1.54, 1.807) is 7.11 Å². The molecule has 0 heterocycles. The van der Waals surface area contributed by atoms with Crippen LogP contribution in [0.15, 0.2) is 18.2 Å². The monoisotopic (exact) mass is 248 g/mol. The molecule has 2 atom stereocenters. The molecule has 1 aliphatic carbocycles. The van der Waals surface area contributed by atoms with Crippen molar-refractivity contribution in [3.8, 4) is 5.75 Å². The van der Waals surface area contributed by atoms with Gasteiger partial charge < -0.3 is 9.84 Å². The maximum atomic E-state index is 10.9. The number of aryl methyl sites for hydroxylation is 1. The third-order valence-electron chi connectivity index (χ3n) is 4.35. The Morgan fingerprint density at radius 3 is 2.89 bits per heavy atom. The van der Waals surface area contributed by atoms with Crippen molar-refractivity contribution in [3.63, 3.8) is 0 Å². The Kier molecular flexibility index (Phi) is 3.96. The quantitative estimate of drug-likeness (QED) is 0.884. The standard InChI is InChI=1S/C16H24O2/c1-4-14-6-5-9-16(14,17)11-13-10-12(2)7-8-15(13)18-3/h7-8,10,14,17H,4-6,9,11H2,1-3H3. The van der Waals surface area contributed by atoms with Crippen LogP contribution in [0.5, 0.6) is 5.75 Å². The molecule has 2 unspecified atom stereocenters. The number of hydrogen-bond donors (Lipinski definition) is 1. The molecule has 0 saturated heterocycles. The molecule has 0 spiro atoms. The summed E-state index contributed by atoms with van der Waals surface area (Å²) in [5, 5.41) is 10.9. The van der Waals surface area contributed by atoms with Gasteiger partial charge in [-0.05, 0) is 37.3 Å². The first-order valence-electron chi connectivity index (χ1n) is 6.95. The van der Waals surface area contributed by atoms with Crippen LogP contribution in [0.3, 0.4) is 0 Å². The van der Waals surface area contributed by atoms with Crippen molar-refractivity contribution in [2.24, 2.45) is 5.92 Å². The number of aliphatic hydroxyl groups is 1. The normalized spacial score (nSPS) is 27.4. The molecule has 1 aromatic rings. The highest BCUT2D eigenvalue weighted by Gasteiger charge is 2.40. The Bertz CT molecular complexity index is 414. The van der Waals surface area contributed by atoms with E-state index in [2.05, 4.69) is 26.0 Å². The van der Waals surface area contributed by atoms with Crippen LogP contribution >= 0.6 is 0 Å². The fraction of sp³-hybridized carbons (Fsp3) is 0.625. The first-order valence-corrected chi connectivity index (χ1v) is 6.95. The third-order valence-corrected chi connectivity index (χ3v) is 4.35. The average molecular weight is 248 g/mol. The molecule has 2 nitrogen and oxygen atoms in total. The molecule has 2 heteroatoms. The summed E-state index contributed by atoms with van der Waals surface area (Å²) < 4.78 is 5.41. The first-order chi connectivity index (χ1) is 8.59. The van der Waals surface area contributed by atoms with Crippen LogP contribution in [-0.2, 0) is 6.42 Å². The lowest BCUT2D eigenvalue weighted by atomic mass is 9.83. The fourth-order valence-electron chi connectivity index (χ4n) is 3.32. The van der Waals surface area contributed by atoms with E-state index in [-0.39, 0.29) is 0 Å². The molecule has 0 amide bonds. The lowest BCUT2D eigenvalue weighted by Crippen LogP contribution is -2.35. The van der Waals surface area contributed by atoms with Crippen LogP contribution in [-0.4, -0.2) is 17.8 Å². The van der Waals surface area contributed by atoms with Crippen molar-refractivity contribution in [2.75, 3.05) is 7.11 Å². The smallest absolute Gasteiger partial charge is 0.122 e. The van der Waals surface area contributed by atoms with E-state index < -0.39 is 5.60 Å². The van der Waals surface area contributed by atoms with Gasteiger partial charge in [-0.15, -0.1) is 0 Å². The molecule has 0 aliphatic heterocycles. The van der Waals surface area contributed by atoms with Gasteiger partial charge in [0.05, 0.1) is 12.7 Å². The number of hydrogen-bond acceptors (Lipinski definition) is 2. The van der Waals surface area contributed by atoms with Gasteiger partial charge in [-0.2, -0.15) is 0 Å². The molecular formula is C16H24O2. The Balaban J connectivity index is 2.25. The molecular weight excluding hydrogens is 224 g/mol. The molecule has 18 heavy (non-hydrogen) atoms. The molecule has 1 saturated carbocycles. The third kappa shape index (κ3) is 2.54. The van der Waals surface area contributed by atoms with Crippen molar-refractivity contribution in [3.05, 3.63) is 29.3 Å². The molecule has 1 fully saturated rings. The van der Waals surface area contributed by atoms with Crippen molar-refractivity contribution < 1.29 is 9.84 Å². The fourth-order valence-corrected chi connectivity index (χ4v) is 3.32. The topological polar surface area (TPSA) is 29.5 Å². The predicted octanol–water partition coefficient (Wildman–Crippen LogP) is 3.49. The van der Waals surface area contributed by atoms with Gasteiger partial charge in [0, 0.05) is 6.42 Å². The van der Waals surface area contributed by atoms with Gasteiger partial charge in [0.15, 0.2) is 0 Å². The van der Waals surface area contributed by atoms with E-state index in [1.165, 1.54) is 5.56 Å². The second-order valence-corrected chi connectivity index (χ2v) is 5.59. The summed E-state index contributed by atoms with van der Waals surface area (Å²) in [6.45, 7) is 4.26. The molecule has 0 bridgehead atoms. The zero-order valence-corrected chi connectivity index (χ0v) is 11.7. The van der Waals surface area contributed by atoms with Crippen LogP contribution < -0.4 is 4.74 Å². The number of benzene rings is 1. The molecule has 2 rings (SSSR count). The van der Waals surface area contributed by atoms with Gasteiger partial charge in [0.1, 0.15) is 5.75 Å². The van der Waals surface area contributed by atoms with Crippen molar-refractivity contribution in [1.82, 2.24) is 0 Å². The van der Waals surface area contributed by atoms with E-state index >= 15 is 0 Å². The molecule has 1 N–H and O–H groups in total. The Morgan fingerprint density at radius 1 is 1.44 bits per heavy atom. The van der Waals surface area contributed by atoms with Gasteiger partial charge in [-0.25, -0.2) is 0 Å². The molecule has 0 radical (unpaired) electrons. The summed E-state index contributed by atoms with van der Waals surface area (Å²) in [6, 6.07) is 6.20. The minimum absolute atomic E-state index is 0.433. The highest BCUT2D eigenvalue weighted by molar-refractivity contribution is 5.38. The summed E-state index contributed by atoms with van der Waals surface area (Å²) >= 11 is 0. The summed E-state index contributed by atoms with van der Waals surface area (Å²) in [4.78, 5) is 0. The molecule has 0 aromatic heterocycles. The van der Waals surface area contributed by atoms with Gasteiger partial charge >= 0.3 is 0 Å². The average Bonchev–Trinajstić information content (AvgIpc) is 2.70. The van der Waals surface area contributed by atoms with E-state index in [9.17, 15) is 5.11 Å². The first kappa shape index (κ1) is 13.4. The lowest BCUT2D eigenvalue weighted by Gasteiger charge is -2.30. The van der Waals surface area contributed by atoms with E-state index in [1.807, 2.05) is 6.07 Å². The molecule has 1 aromatic carbocycles. The maximum absolute atomic E-state index is 10.9. The highest BCUT2D eigenvalue weighted by Crippen LogP contribution is 2.41.